The number of para-hydroxylation sites is 1. The summed E-state index contributed by atoms with van der Waals surface area (Å²) in [6.45, 7) is 5.07. The second-order valence-corrected chi connectivity index (χ2v) is 5.11. The van der Waals surface area contributed by atoms with Gasteiger partial charge in [-0.25, -0.2) is 4.98 Å². The predicted octanol–water partition coefficient (Wildman–Crippen LogP) is 2.23. The van der Waals surface area contributed by atoms with Crippen molar-refractivity contribution >= 4 is 11.4 Å². The number of fused-ring (bicyclic) bond motifs is 1. The second kappa shape index (κ2) is 4.96. The molecule has 1 aliphatic heterocycles. The summed E-state index contributed by atoms with van der Waals surface area (Å²) in [6, 6.07) is 6.25. The van der Waals surface area contributed by atoms with Crippen LogP contribution in [0.3, 0.4) is 0 Å². The van der Waals surface area contributed by atoms with Gasteiger partial charge in [0.1, 0.15) is 5.82 Å². The summed E-state index contributed by atoms with van der Waals surface area (Å²) in [5.41, 5.74) is 9.68. The maximum Gasteiger partial charge on any atom is 0.105 e. The topological polar surface area (TPSA) is 47.1 Å². The summed E-state index contributed by atoms with van der Waals surface area (Å²) in [5.74, 6) is 1.07. The van der Waals surface area contributed by atoms with Crippen molar-refractivity contribution in [1.82, 2.24) is 9.55 Å². The fourth-order valence-electron chi connectivity index (χ4n) is 2.86. The normalized spacial score (nSPS) is 14.5. The number of hydrogen-bond acceptors (Lipinski definition) is 3. The molecule has 1 aromatic carbocycles. The van der Waals surface area contributed by atoms with Crippen LogP contribution >= 0.6 is 0 Å². The molecule has 0 spiro atoms. The van der Waals surface area contributed by atoms with E-state index in [-0.39, 0.29) is 0 Å². The summed E-state index contributed by atoms with van der Waals surface area (Å²) >= 11 is 0. The fraction of sp³-hybridized carbons (Fsp3) is 0.400. The maximum absolute atomic E-state index is 6.15. The molecular formula is C15H20N4. The van der Waals surface area contributed by atoms with Gasteiger partial charge >= 0.3 is 0 Å². The van der Waals surface area contributed by atoms with E-state index in [2.05, 4.69) is 26.6 Å². The molecule has 2 N–H and O–H groups in total. The Morgan fingerprint density at radius 1 is 1.32 bits per heavy atom. The Morgan fingerprint density at radius 2 is 2.21 bits per heavy atom. The van der Waals surface area contributed by atoms with Gasteiger partial charge in [0, 0.05) is 32.0 Å². The van der Waals surface area contributed by atoms with Gasteiger partial charge in [0.15, 0.2) is 0 Å². The summed E-state index contributed by atoms with van der Waals surface area (Å²) in [7, 11) is 0. The molecule has 4 heteroatoms. The highest BCUT2D eigenvalue weighted by Crippen LogP contribution is 2.32. The minimum atomic E-state index is 0.902. The molecule has 1 aromatic heterocycles. The first kappa shape index (κ1) is 12.1. The first-order valence-corrected chi connectivity index (χ1v) is 6.86. The number of benzene rings is 1. The van der Waals surface area contributed by atoms with Gasteiger partial charge in [0.25, 0.3) is 0 Å². The van der Waals surface area contributed by atoms with Crippen molar-refractivity contribution in [2.24, 2.45) is 0 Å². The second-order valence-electron chi connectivity index (χ2n) is 5.11. The highest BCUT2D eigenvalue weighted by Gasteiger charge is 2.18. The van der Waals surface area contributed by atoms with Gasteiger partial charge in [-0.05, 0) is 31.4 Å². The molecule has 100 valence electrons. The molecule has 0 amide bonds. The van der Waals surface area contributed by atoms with E-state index in [9.17, 15) is 0 Å². The van der Waals surface area contributed by atoms with Gasteiger partial charge in [0.2, 0.25) is 0 Å². The number of nitrogens with zero attached hydrogens (tertiary/aromatic N) is 3. The molecule has 0 saturated heterocycles. The largest absolute Gasteiger partial charge is 0.397 e. The number of anilines is 2. The Balaban J connectivity index is 1.79. The van der Waals surface area contributed by atoms with E-state index in [1.807, 2.05) is 25.4 Å². The monoisotopic (exact) mass is 256 g/mol. The quantitative estimate of drug-likeness (QED) is 0.857. The van der Waals surface area contributed by atoms with Crippen molar-refractivity contribution in [3.05, 3.63) is 42.0 Å². The van der Waals surface area contributed by atoms with Gasteiger partial charge in [-0.1, -0.05) is 12.1 Å². The molecule has 0 saturated carbocycles. The van der Waals surface area contributed by atoms with Crippen molar-refractivity contribution in [3.63, 3.8) is 0 Å². The Labute approximate surface area is 113 Å². The van der Waals surface area contributed by atoms with Crippen LogP contribution in [0.5, 0.6) is 0 Å². The van der Waals surface area contributed by atoms with E-state index in [0.717, 1.165) is 37.6 Å². The number of imidazole rings is 1. The average Bonchev–Trinajstić information content (AvgIpc) is 2.82. The maximum atomic E-state index is 6.15. The Kier molecular flexibility index (Phi) is 3.15. The molecule has 0 bridgehead atoms. The minimum Gasteiger partial charge on any atom is -0.397 e. The first-order chi connectivity index (χ1) is 9.25. The third-order valence-electron chi connectivity index (χ3n) is 3.88. The minimum absolute atomic E-state index is 0.902. The highest BCUT2D eigenvalue weighted by atomic mass is 15.2. The predicted molar refractivity (Wildman–Crippen MR) is 78.4 cm³/mol. The molecule has 4 nitrogen and oxygen atoms in total. The molecule has 2 heterocycles. The summed E-state index contributed by atoms with van der Waals surface area (Å²) < 4.78 is 2.19. The standard InChI is InChI=1S/C15H20N4/c1-12-17-7-9-18(12)10-11-19-8-3-5-13-4-2-6-14(16)15(13)19/h2,4,6-7,9H,3,5,8,10-11,16H2,1H3. The molecule has 0 fully saturated rings. The zero-order valence-electron chi connectivity index (χ0n) is 11.3. The lowest BCUT2D eigenvalue weighted by Gasteiger charge is -2.32. The van der Waals surface area contributed by atoms with Crippen LogP contribution in [-0.4, -0.2) is 22.6 Å². The van der Waals surface area contributed by atoms with Crippen LogP contribution in [0.25, 0.3) is 0 Å². The molecule has 19 heavy (non-hydrogen) atoms. The molecule has 0 atom stereocenters. The molecule has 0 aliphatic carbocycles. The van der Waals surface area contributed by atoms with Crippen molar-refractivity contribution in [1.29, 1.82) is 0 Å². The lowest BCUT2D eigenvalue weighted by Crippen LogP contribution is -2.33. The number of rotatable bonds is 3. The van der Waals surface area contributed by atoms with E-state index >= 15 is 0 Å². The smallest absolute Gasteiger partial charge is 0.105 e. The van der Waals surface area contributed by atoms with E-state index in [4.69, 9.17) is 5.73 Å². The van der Waals surface area contributed by atoms with Crippen LogP contribution in [0.2, 0.25) is 0 Å². The highest BCUT2D eigenvalue weighted by molar-refractivity contribution is 5.72. The van der Waals surface area contributed by atoms with Gasteiger partial charge in [-0.2, -0.15) is 0 Å². The Hall–Kier alpha value is -1.97. The molecule has 0 radical (unpaired) electrons. The number of aromatic nitrogens is 2. The lowest BCUT2D eigenvalue weighted by atomic mass is 10.0. The van der Waals surface area contributed by atoms with Crippen molar-refractivity contribution in [3.8, 4) is 0 Å². The Bertz CT molecular complexity index is 573. The molecule has 0 unspecified atom stereocenters. The Morgan fingerprint density at radius 3 is 3.00 bits per heavy atom. The van der Waals surface area contributed by atoms with Crippen LogP contribution in [0.1, 0.15) is 17.8 Å². The number of aryl methyl sites for hydroxylation is 2. The van der Waals surface area contributed by atoms with Crippen LogP contribution in [-0.2, 0) is 13.0 Å². The number of hydrogen-bond donors (Lipinski definition) is 1. The molecule has 1 aliphatic rings. The zero-order valence-corrected chi connectivity index (χ0v) is 11.3. The van der Waals surface area contributed by atoms with Crippen molar-refractivity contribution in [2.45, 2.75) is 26.3 Å². The van der Waals surface area contributed by atoms with Gasteiger partial charge in [-0.3, -0.25) is 0 Å². The average molecular weight is 256 g/mol. The molecule has 2 aromatic rings. The van der Waals surface area contributed by atoms with Gasteiger partial charge in [-0.15, -0.1) is 0 Å². The zero-order chi connectivity index (χ0) is 13.2. The van der Waals surface area contributed by atoms with Crippen molar-refractivity contribution in [2.75, 3.05) is 23.7 Å². The third-order valence-corrected chi connectivity index (χ3v) is 3.88. The van der Waals surface area contributed by atoms with Gasteiger partial charge < -0.3 is 15.2 Å². The van der Waals surface area contributed by atoms with Crippen LogP contribution in [0, 0.1) is 6.92 Å². The number of nitrogen functional groups attached to an aromatic ring is 1. The van der Waals surface area contributed by atoms with E-state index in [0.29, 0.717) is 0 Å². The summed E-state index contributed by atoms with van der Waals surface area (Å²) in [6.07, 6.45) is 6.24. The third kappa shape index (κ3) is 2.30. The summed E-state index contributed by atoms with van der Waals surface area (Å²) in [4.78, 5) is 6.67. The van der Waals surface area contributed by atoms with Crippen LogP contribution < -0.4 is 10.6 Å². The van der Waals surface area contributed by atoms with E-state index in [1.165, 1.54) is 17.7 Å². The van der Waals surface area contributed by atoms with Gasteiger partial charge in [0.05, 0.1) is 11.4 Å². The fourth-order valence-corrected chi connectivity index (χ4v) is 2.86. The summed E-state index contributed by atoms with van der Waals surface area (Å²) in [5, 5.41) is 0. The van der Waals surface area contributed by atoms with E-state index < -0.39 is 0 Å². The van der Waals surface area contributed by atoms with E-state index in [1.54, 1.807) is 0 Å². The van der Waals surface area contributed by atoms with Crippen molar-refractivity contribution < 1.29 is 0 Å². The lowest BCUT2D eigenvalue weighted by molar-refractivity contribution is 0.613. The SMILES string of the molecule is Cc1nccn1CCN1CCCc2cccc(N)c21. The van der Waals surface area contributed by atoms with Crippen LogP contribution in [0.15, 0.2) is 30.6 Å². The first-order valence-electron chi connectivity index (χ1n) is 6.86. The van der Waals surface area contributed by atoms with Crippen LogP contribution in [0.4, 0.5) is 11.4 Å². The molecular weight excluding hydrogens is 236 g/mol. The number of nitrogens with two attached hydrogens (primary N) is 1. The molecule has 3 rings (SSSR count).